The van der Waals surface area contributed by atoms with Crippen LogP contribution >= 0.6 is 0 Å². The van der Waals surface area contributed by atoms with Crippen molar-refractivity contribution < 1.29 is 9.53 Å². The summed E-state index contributed by atoms with van der Waals surface area (Å²) in [6.07, 6.45) is 8.69. The van der Waals surface area contributed by atoms with Gasteiger partial charge in [0.2, 0.25) is 0 Å². The third kappa shape index (κ3) is 3.36. The highest BCUT2D eigenvalue weighted by atomic mass is 16.6. The molecule has 1 amide bonds. The van der Waals surface area contributed by atoms with Gasteiger partial charge in [0.25, 0.3) is 0 Å². The van der Waals surface area contributed by atoms with Crippen LogP contribution in [-0.2, 0) is 11.8 Å². The predicted octanol–water partition coefficient (Wildman–Crippen LogP) is 3.00. The minimum absolute atomic E-state index is 0.151. The molecular formula is C20H32N4O2. The fraction of sp³-hybridized carbons (Fsp3) is 0.800. The minimum Gasteiger partial charge on any atom is -0.444 e. The van der Waals surface area contributed by atoms with Crippen molar-refractivity contribution in [2.45, 2.75) is 64.0 Å². The van der Waals surface area contributed by atoms with Crippen molar-refractivity contribution in [3.05, 3.63) is 18.2 Å². The number of carbonyl (C=O) groups excluding carboxylic acids is 1. The Morgan fingerprint density at radius 1 is 1.23 bits per heavy atom. The fourth-order valence-corrected chi connectivity index (χ4v) is 4.97. The van der Waals surface area contributed by atoms with Gasteiger partial charge >= 0.3 is 6.09 Å². The number of amides is 1. The lowest BCUT2D eigenvalue weighted by Gasteiger charge is -2.61. The van der Waals surface area contributed by atoms with Crippen LogP contribution in [0.1, 0.15) is 58.2 Å². The van der Waals surface area contributed by atoms with Crippen molar-refractivity contribution in [2.24, 2.45) is 12.5 Å². The molecule has 6 nitrogen and oxygen atoms in total. The number of ether oxygens (including phenoxy) is 1. The highest BCUT2D eigenvalue weighted by Gasteiger charge is 2.55. The smallest absolute Gasteiger partial charge is 0.410 e. The van der Waals surface area contributed by atoms with Crippen molar-refractivity contribution >= 4 is 6.09 Å². The number of nitrogens with zero attached hydrogens (tertiary/aromatic N) is 4. The molecule has 0 N–H and O–H groups in total. The van der Waals surface area contributed by atoms with Gasteiger partial charge in [-0.25, -0.2) is 9.78 Å². The van der Waals surface area contributed by atoms with Crippen LogP contribution in [0.2, 0.25) is 0 Å². The van der Waals surface area contributed by atoms with Gasteiger partial charge in [0.1, 0.15) is 11.4 Å². The van der Waals surface area contributed by atoms with Crippen LogP contribution in [0.4, 0.5) is 4.79 Å². The second-order valence-corrected chi connectivity index (χ2v) is 9.61. The van der Waals surface area contributed by atoms with Crippen LogP contribution in [-0.4, -0.2) is 63.3 Å². The Morgan fingerprint density at radius 3 is 2.42 bits per heavy atom. The number of hydrogen-bond acceptors (Lipinski definition) is 4. The molecule has 1 spiro atoms. The molecule has 1 aromatic rings. The molecule has 1 saturated carbocycles. The third-order valence-electron chi connectivity index (χ3n) is 6.31. The van der Waals surface area contributed by atoms with E-state index in [1.165, 1.54) is 44.6 Å². The predicted molar refractivity (Wildman–Crippen MR) is 100 cm³/mol. The van der Waals surface area contributed by atoms with E-state index in [2.05, 4.69) is 21.5 Å². The summed E-state index contributed by atoms with van der Waals surface area (Å²) in [5.41, 5.74) is -0.0301. The van der Waals surface area contributed by atoms with Crippen molar-refractivity contribution in [3.8, 4) is 0 Å². The zero-order chi connectivity index (χ0) is 18.5. The summed E-state index contributed by atoms with van der Waals surface area (Å²) in [4.78, 5) is 21.2. The molecule has 144 valence electrons. The number of aromatic nitrogens is 2. The molecule has 1 aromatic heterocycles. The lowest BCUT2D eigenvalue weighted by Crippen LogP contribution is -2.68. The van der Waals surface area contributed by atoms with Gasteiger partial charge in [0.15, 0.2) is 0 Å². The molecule has 3 aliphatic rings. The Morgan fingerprint density at radius 2 is 1.88 bits per heavy atom. The van der Waals surface area contributed by atoms with Gasteiger partial charge in [-0.05, 0) is 59.5 Å². The summed E-state index contributed by atoms with van der Waals surface area (Å²) in [7, 11) is 2.09. The lowest BCUT2D eigenvalue weighted by molar-refractivity contribution is -0.110. The van der Waals surface area contributed by atoms with Crippen molar-refractivity contribution in [2.75, 3.05) is 26.2 Å². The first-order valence-electron chi connectivity index (χ1n) is 9.94. The second-order valence-electron chi connectivity index (χ2n) is 9.61. The lowest BCUT2D eigenvalue weighted by atomic mass is 9.60. The Bertz CT molecular complexity index is 656. The maximum Gasteiger partial charge on any atom is 0.410 e. The number of aryl methyl sites for hydroxylation is 1. The first kappa shape index (κ1) is 17.8. The Labute approximate surface area is 156 Å². The maximum atomic E-state index is 12.1. The summed E-state index contributed by atoms with van der Waals surface area (Å²) in [6.45, 7) is 9.88. The fourth-order valence-electron chi connectivity index (χ4n) is 4.97. The van der Waals surface area contributed by atoms with Crippen molar-refractivity contribution in [3.63, 3.8) is 0 Å². The van der Waals surface area contributed by atoms with Gasteiger partial charge in [0.05, 0.1) is 0 Å². The standard InChI is InChI=1S/C20H32N4O2/c1-19(2,3)26-18(25)24-13-20(14-24)11-16(12-20)23-8-5-15(6-9-23)17-21-7-10-22(17)4/h7,10,15-16H,5-6,8-9,11-14H2,1-4H3. The number of hydrogen-bond donors (Lipinski definition) is 0. The topological polar surface area (TPSA) is 50.6 Å². The molecule has 0 radical (unpaired) electrons. The SMILES string of the molecule is Cn1ccnc1C1CCN(C2CC3(C2)CN(C(=O)OC(C)(C)C)C3)CC1. The van der Waals surface area contributed by atoms with Gasteiger partial charge < -0.3 is 19.1 Å². The monoisotopic (exact) mass is 360 g/mol. The van der Waals surface area contributed by atoms with E-state index in [9.17, 15) is 4.79 Å². The Kier molecular flexibility index (Phi) is 4.29. The number of carbonyl (C=O) groups is 1. The van der Waals surface area contributed by atoms with Gasteiger partial charge in [-0.15, -0.1) is 0 Å². The van der Waals surface area contributed by atoms with Gasteiger partial charge in [-0.3, -0.25) is 0 Å². The Hall–Kier alpha value is -1.56. The Balaban J connectivity index is 1.21. The number of imidazole rings is 1. The van der Waals surface area contributed by atoms with Gasteiger partial charge in [-0.1, -0.05) is 0 Å². The summed E-state index contributed by atoms with van der Waals surface area (Å²) in [5, 5.41) is 0. The molecule has 6 heteroatoms. The summed E-state index contributed by atoms with van der Waals surface area (Å²) in [6, 6.07) is 0.707. The molecule has 1 aliphatic carbocycles. The van der Waals surface area contributed by atoms with Crippen LogP contribution in [0.25, 0.3) is 0 Å². The minimum atomic E-state index is -0.403. The van der Waals surface area contributed by atoms with Crippen LogP contribution in [0.3, 0.4) is 0 Å². The molecule has 26 heavy (non-hydrogen) atoms. The van der Waals surface area contributed by atoms with Crippen LogP contribution in [0, 0.1) is 5.41 Å². The van der Waals surface area contributed by atoms with Crippen LogP contribution < -0.4 is 0 Å². The highest BCUT2D eigenvalue weighted by molar-refractivity contribution is 5.69. The average molecular weight is 361 g/mol. The largest absolute Gasteiger partial charge is 0.444 e. The zero-order valence-electron chi connectivity index (χ0n) is 16.6. The zero-order valence-corrected chi connectivity index (χ0v) is 16.6. The number of likely N-dealkylation sites (tertiary alicyclic amines) is 2. The summed E-state index contributed by atoms with van der Waals surface area (Å²) in [5.74, 6) is 1.84. The maximum absolute atomic E-state index is 12.1. The quantitative estimate of drug-likeness (QED) is 0.814. The summed E-state index contributed by atoms with van der Waals surface area (Å²) >= 11 is 0. The van der Waals surface area contributed by atoms with E-state index in [4.69, 9.17) is 4.74 Å². The molecule has 0 aromatic carbocycles. The normalized spacial score (nSPS) is 24.4. The number of piperidine rings is 1. The molecule has 0 unspecified atom stereocenters. The van der Waals surface area contributed by atoms with Crippen molar-refractivity contribution in [1.82, 2.24) is 19.4 Å². The molecule has 2 aliphatic heterocycles. The van der Waals surface area contributed by atoms with E-state index >= 15 is 0 Å². The highest BCUT2D eigenvalue weighted by Crippen LogP contribution is 2.51. The van der Waals surface area contributed by atoms with Crippen molar-refractivity contribution in [1.29, 1.82) is 0 Å². The van der Waals surface area contributed by atoms with E-state index in [1.54, 1.807) is 0 Å². The van der Waals surface area contributed by atoms with Crippen LogP contribution in [0.15, 0.2) is 12.4 Å². The second kappa shape index (κ2) is 6.25. The van der Waals surface area contributed by atoms with E-state index in [-0.39, 0.29) is 6.09 Å². The van der Waals surface area contributed by atoms with Crippen LogP contribution in [0.5, 0.6) is 0 Å². The van der Waals surface area contributed by atoms with Gasteiger partial charge in [0, 0.05) is 49.9 Å². The number of rotatable bonds is 2. The van der Waals surface area contributed by atoms with E-state index < -0.39 is 5.60 Å². The molecular weight excluding hydrogens is 328 g/mol. The molecule has 0 atom stereocenters. The molecule has 3 heterocycles. The van der Waals surface area contributed by atoms with E-state index in [1.807, 2.05) is 38.1 Å². The van der Waals surface area contributed by atoms with Gasteiger partial charge in [-0.2, -0.15) is 0 Å². The molecule has 0 bridgehead atoms. The first-order valence-corrected chi connectivity index (χ1v) is 9.94. The molecule has 4 rings (SSSR count). The average Bonchev–Trinajstić information content (AvgIpc) is 2.89. The molecule has 2 saturated heterocycles. The van der Waals surface area contributed by atoms with E-state index in [0.717, 1.165) is 13.1 Å². The first-order chi connectivity index (χ1) is 12.2. The summed E-state index contributed by atoms with van der Waals surface area (Å²) < 4.78 is 7.64. The third-order valence-corrected chi connectivity index (χ3v) is 6.31. The van der Waals surface area contributed by atoms with E-state index in [0.29, 0.717) is 17.4 Å². The molecule has 3 fully saturated rings.